The highest BCUT2D eigenvalue weighted by atomic mass is 32.2. The van der Waals surface area contributed by atoms with Crippen LogP contribution in [-0.2, 0) is 4.79 Å². The maximum Gasteiger partial charge on any atom is 0.321 e. The van der Waals surface area contributed by atoms with Crippen LogP contribution in [0.2, 0.25) is 0 Å². The highest BCUT2D eigenvalue weighted by Gasteiger charge is 2.22. The number of rotatable bonds is 5. The Bertz CT molecular complexity index is 1170. The highest BCUT2D eigenvalue weighted by Crippen LogP contribution is 2.27. The average Bonchev–Trinajstić information content (AvgIpc) is 2.71. The maximum atomic E-state index is 13.4. The normalized spacial score (nSPS) is 11.9. The van der Waals surface area contributed by atoms with Crippen LogP contribution < -0.4 is 16.2 Å². The van der Waals surface area contributed by atoms with E-state index in [1.54, 1.807) is 36.6 Å². The Balaban J connectivity index is 2.09. The fraction of sp³-hybridized carbons (Fsp3) is 0.273. The Morgan fingerprint density at radius 2 is 1.87 bits per heavy atom. The molecule has 0 aliphatic rings. The van der Waals surface area contributed by atoms with E-state index >= 15 is 0 Å². The molecule has 3 rings (SSSR count). The third kappa shape index (κ3) is 4.38. The van der Waals surface area contributed by atoms with Crippen LogP contribution in [-0.4, -0.2) is 33.3 Å². The van der Waals surface area contributed by atoms with Gasteiger partial charge in [-0.05, 0) is 57.0 Å². The van der Waals surface area contributed by atoms with E-state index in [4.69, 9.17) is 0 Å². The summed E-state index contributed by atoms with van der Waals surface area (Å²) in [6.45, 7) is 7.79. The zero-order valence-corrected chi connectivity index (χ0v) is 18.2. The predicted octanol–water partition coefficient (Wildman–Crippen LogP) is 3.33. The first-order valence-electron chi connectivity index (χ1n) is 9.67. The summed E-state index contributed by atoms with van der Waals surface area (Å²) in [4.78, 5) is 42.2. The van der Waals surface area contributed by atoms with E-state index in [1.807, 2.05) is 38.1 Å². The fourth-order valence-electron chi connectivity index (χ4n) is 3.01. The molecule has 0 bridgehead atoms. The first kappa shape index (κ1) is 21.6. The van der Waals surface area contributed by atoms with Gasteiger partial charge in [0.25, 0.3) is 5.56 Å². The van der Waals surface area contributed by atoms with Crippen molar-refractivity contribution in [3.63, 3.8) is 0 Å². The van der Waals surface area contributed by atoms with Crippen LogP contribution in [0.25, 0.3) is 16.6 Å². The molecular weight excluding hydrogens is 400 g/mol. The lowest BCUT2D eigenvalue weighted by Gasteiger charge is -2.18. The monoisotopic (exact) mass is 424 g/mol. The van der Waals surface area contributed by atoms with E-state index in [0.29, 0.717) is 22.6 Å². The van der Waals surface area contributed by atoms with Gasteiger partial charge in [0, 0.05) is 6.54 Å². The van der Waals surface area contributed by atoms with Crippen molar-refractivity contribution in [1.29, 1.82) is 0 Å². The number of carbonyl (C=O) groups is 2. The third-order valence-corrected chi connectivity index (χ3v) is 5.84. The minimum absolute atomic E-state index is 0.201. The van der Waals surface area contributed by atoms with Gasteiger partial charge in [-0.2, -0.15) is 0 Å². The van der Waals surface area contributed by atoms with Crippen molar-refractivity contribution >= 4 is 34.6 Å². The largest absolute Gasteiger partial charge is 0.338 e. The van der Waals surface area contributed by atoms with E-state index in [2.05, 4.69) is 15.6 Å². The molecule has 30 heavy (non-hydrogen) atoms. The number of para-hydroxylation sites is 1. The summed E-state index contributed by atoms with van der Waals surface area (Å²) in [5, 5.41) is 5.09. The van der Waals surface area contributed by atoms with Gasteiger partial charge in [0.15, 0.2) is 5.16 Å². The maximum absolute atomic E-state index is 13.4. The molecule has 1 heterocycles. The molecule has 0 fully saturated rings. The first-order chi connectivity index (χ1) is 14.3. The number of benzene rings is 2. The molecule has 8 heteroatoms. The van der Waals surface area contributed by atoms with Crippen molar-refractivity contribution in [1.82, 2.24) is 20.2 Å². The van der Waals surface area contributed by atoms with Crippen LogP contribution in [0.5, 0.6) is 0 Å². The molecule has 0 saturated carbocycles. The number of nitrogens with zero attached hydrogens (tertiary/aromatic N) is 2. The molecule has 0 aliphatic carbocycles. The molecule has 0 saturated heterocycles. The highest BCUT2D eigenvalue weighted by molar-refractivity contribution is 8.00. The number of imide groups is 1. The molecule has 0 radical (unpaired) electrons. The standard InChI is InChI=1S/C22H24N4O3S/c1-5-23-21(29)25-19(27)15(4)30-22-24-17-11-7-6-10-16(17)20(28)26(22)18-12-8-9-13(2)14(18)3/h6-12,15H,5H2,1-4H3,(H2,23,25,27,29)/t15-/m1/s1. The number of aromatic nitrogens is 2. The van der Waals surface area contributed by atoms with Crippen LogP contribution in [0.4, 0.5) is 4.79 Å². The molecule has 2 aromatic carbocycles. The van der Waals surface area contributed by atoms with Gasteiger partial charge >= 0.3 is 6.03 Å². The van der Waals surface area contributed by atoms with E-state index in [0.717, 1.165) is 28.6 Å². The number of carbonyl (C=O) groups excluding carboxylic acids is 2. The van der Waals surface area contributed by atoms with E-state index in [-0.39, 0.29) is 5.56 Å². The second-order valence-corrected chi connectivity index (χ2v) is 8.19. The topological polar surface area (TPSA) is 93.1 Å². The number of aryl methyl sites for hydroxylation is 1. The first-order valence-corrected chi connectivity index (χ1v) is 10.5. The van der Waals surface area contributed by atoms with Crippen molar-refractivity contribution in [2.24, 2.45) is 0 Å². The van der Waals surface area contributed by atoms with Gasteiger partial charge in [-0.3, -0.25) is 19.5 Å². The Morgan fingerprint density at radius 3 is 2.60 bits per heavy atom. The van der Waals surface area contributed by atoms with Gasteiger partial charge in [-0.1, -0.05) is 36.0 Å². The smallest absolute Gasteiger partial charge is 0.321 e. The van der Waals surface area contributed by atoms with Crippen molar-refractivity contribution in [3.8, 4) is 5.69 Å². The van der Waals surface area contributed by atoms with Crippen LogP contribution in [0.3, 0.4) is 0 Å². The summed E-state index contributed by atoms with van der Waals surface area (Å²) in [5.41, 5.74) is 3.08. The van der Waals surface area contributed by atoms with E-state index in [9.17, 15) is 14.4 Å². The van der Waals surface area contributed by atoms with E-state index in [1.165, 1.54) is 0 Å². The summed E-state index contributed by atoms with van der Waals surface area (Å²) in [6, 6.07) is 12.3. The Hall–Kier alpha value is -3.13. The quantitative estimate of drug-likeness (QED) is 0.484. The molecule has 7 nitrogen and oxygen atoms in total. The number of nitrogens with one attached hydrogen (secondary N) is 2. The lowest BCUT2D eigenvalue weighted by molar-refractivity contribution is -0.119. The van der Waals surface area contributed by atoms with Crippen molar-refractivity contribution in [2.75, 3.05) is 6.54 Å². The Kier molecular flexibility index (Phi) is 6.56. The third-order valence-electron chi connectivity index (χ3n) is 4.79. The Labute approximate surface area is 178 Å². The molecule has 3 amide bonds. The SMILES string of the molecule is CCNC(=O)NC(=O)[C@@H](C)Sc1nc2ccccc2c(=O)n1-c1cccc(C)c1C. The van der Waals surface area contributed by atoms with Gasteiger partial charge in [0.05, 0.1) is 21.8 Å². The van der Waals surface area contributed by atoms with Crippen molar-refractivity contribution < 1.29 is 9.59 Å². The number of hydrogen-bond acceptors (Lipinski definition) is 5. The number of amides is 3. The Morgan fingerprint density at radius 1 is 1.13 bits per heavy atom. The number of thioether (sulfide) groups is 1. The second kappa shape index (κ2) is 9.13. The molecule has 1 atom stereocenters. The summed E-state index contributed by atoms with van der Waals surface area (Å²) < 4.78 is 1.55. The van der Waals surface area contributed by atoms with Crippen LogP contribution >= 0.6 is 11.8 Å². The number of fused-ring (bicyclic) bond motifs is 1. The minimum Gasteiger partial charge on any atom is -0.338 e. The predicted molar refractivity (Wildman–Crippen MR) is 119 cm³/mol. The summed E-state index contributed by atoms with van der Waals surface area (Å²) in [5.74, 6) is -0.458. The minimum atomic E-state index is -0.642. The fourth-order valence-corrected chi connectivity index (χ4v) is 3.93. The number of urea groups is 1. The molecule has 0 unspecified atom stereocenters. The van der Waals surface area contributed by atoms with Crippen molar-refractivity contribution in [3.05, 3.63) is 63.9 Å². The van der Waals surface area contributed by atoms with Gasteiger partial charge in [-0.25, -0.2) is 9.78 Å². The lowest BCUT2D eigenvalue weighted by Crippen LogP contribution is -2.42. The van der Waals surface area contributed by atoms with Gasteiger partial charge < -0.3 is 5.32 Å². The summed E-state index contributed by atoms with van der Waals surface area (Å²) in [7, 11) is 0. The average molecular weight is 425 g/mol. The molecule has 1 aromatic heterocycles. The summed E-state index contributed by atoms with van der Waals surface area (Å²) >= 11 is 1.14. The zero-order valence-electron chi connectivity index (χ0n) is 17.4. The van der Waals surface area contributed by atoms with Crippen molar-refractivity contribution in [2.45, 2.75) is 38.1 Å². The van der Waals surface area contributed by atoms with Gasteiger partial charge in [0.2, 0.25) is 5.91 Å². The van der Waals surface area contributed by atoms with Crippen LogP contribution in [0.15, 0.2) is 52.4 Å². The van der Waals surface area contributed by atoms with Crippen LogP contribution in [0, 0.1) is 13.8 Å². The zero-order chi connectivity index (χ0) is 21.8. The molecule has 2 N–H and O–H groups in total. The molecule has 156 valence electrons. The van der Waals surface area contributed by atoms with E-state index < -0.39 is 17.2 Å². The molecule has 3 aromatic rings. The second-order valence-electron chi connectivity index (χ2n) is 6.88. The molecule has 0 spiro atoms. The molecular formula is C22H24N4O3S. The molecule has 0 aliphatic heterocycles. The van der Waals surface area contributed by atoms with Gasteiger partial charge in [0.1, 0.15) is 0 Å². The van der Waals surface area contributed by atoms with Crippen LogP contribution in [0.1, 0.15) is 25.0 Å². The summed E-state index contributed by atoms with van der Waals surface area (Å²) in [6.07, 6.45) is 0. The van der Waals surface area contributed by atoms with Gasteiger partial charge in [-0.15, -0.1) is 0 Å². The number of hydrogen-bond donors (Lipinski definition) is 2. The lowest BCUT2D eigenvalue weighted by atomic mass is 10.1.